The van der Waals surface area contributed by atoms with Crippen LogP contribution in [0.15, 0.2) is 42.7 Å². The summed E-state index contributed by atoms with van der Waals surface area (Å²) in [7, 11) is 1.83. The van der Waals surface area contributed by atoms with E-state index in [2.05, 4.69) is 21.5 Å². The fourth-order valence-corrected chi connectivity index (χ4v) is 2.43. The molecule has 2 aromatic heterocycles. The molecule has 0 atom stereocenters. The van der Waals surface area contributed by atoms with Gasteiger partial charge in [-0.15, -0.1) is 0 Å². The van der Waals surface area contributed by atoms with Gasteiger partial charge < -0.3 is 4.57 Å². The first-order valence-corrected chi connectivity index (χ1v) is 7.41. The SMILES string of the molecule is Cc1cc(C)n(Cc2ccc(C(=O)Nc3nccn3C)cc2)n1. The summed E-state index contributed by atoms with van der Waals surface area (Å²) in [5.41, 5.74) is 3.84. The number of rotatable bonds is 4. The Morgan fingerprint density at radius 1 is 1.22 bits per heavy atom. The van der Waals surface area contributed by atoms with Gasteiger partial charge in [-0.05, 0) is 37.6 Å². The van der Waals surface area contributed by atoms with Gasteiger partial charge in [0.25, 0.3) is 5.91 Å². The number of amides is 1. The molecule has 0 spiro atoms. The summed E-state index contributed by atoms with van der Waals surface area (Å²) in [6.07, 6.45) is 3.43. The van der Waals surface area contributed by atoms with Crippen LogP contribution >= 0.6 is 0 Å². The first kappa shape index (κ1) is 15.0. The van der Waals surface area contributed by atoms with Crippen molar-refractivity contribution in [1.29, 1.82) is 0 Å². The Labute approximate surface area is 134 Å². The van der Waals surface area contributed by atoms with Crippen LogP contribution in [-0.4, -0.2) is 25.2 Å². The minimum atomic E-state index is -0.169. The molecule has 0 aliphatic carbocycles. The predicted molar refractivity (Wildman–Crippen MR) is 88.4 cm³/mol. The topological polar surface area (TPSA) is 64.7 Å². The van der Waals surface area contributed by atoms with Crippen molar-refractivity contribution in [3.63, 3.8) is 0 Å². The highest BCUT2D eigenvalue weighted by Crippen LogP contribution is 2.11. The maximum atomic E-state index is 12.2. The minimum Gasteiger partial charge on any atom is -0.320 e. The lowest BCUT2D eigenvalue weighted by atomic mass is 10.1. The lowest BCUT2D eigenvalue weighted by Gasteiger charge is -2.07. The summed E-state index contributed by atoms with van der Waals surface area (Å²) in [5.74, 6) is 0.360. The Kier molecular flexibility index (Phi) is 3.97. The number of carbonyl (C=O) groups excluding carboxylic acids is 1. The van der Waals surface area contributed by atoms with E-state index in [1.807, 2.05) is 49.8 Å². The highest BCUT2D eigenvalue weighted by Gasteiger charge is 2.09. The van der Waals surface area contributed by atoms with Gasteiger partial charge in [0.15, 0.2) is 0 Å². The summed E-state index contributed by atoms with van der Waals surface area (Å²) in [6, 6.07) is 9.58. The number of hydrogen-bond donors (Lipinski definition) is 1. The van der Waals surface area contributed by atoms with Crippen molar-refractivity contribution >= 4 is 11.9 Å². The number of hydrogen-bond acceptors (Lipinski definition) is 3. The van der Waals surface area contributed by atoms with Gasteiger partial charge in [-0.3, -0.25) is 14.8 Å². The van der Waals surface area contributed by atoms with Gasteiger partial charge in [0, 0.05) is 30.7 Å². The first-order valence-electron chi connectivity index (χ1n) is 7.41. The molecule has 0 saturated heterocycles. The molecule has 3 rings (SSSR count). The van der Waals surface area contributed by atoms with Crippen LogP contribution in [0.4, 0.5) is 5.95 Å². The molecule has 118 valence electrons. The second-order valence-corrected chi connectivity index (χ2v) is 5.60. The lowest BCUT2D eigenvalue weighted by Crippen LogP contribution is -2.15. The van der Waals surface area contributed by atoms with Crippen molar-refractivity contribution in [2.24, 2.45) is 7.05 Å². The van der Waals surface area contributed by atoms with E-state index >= 15 is 0 Å². The van der Waals surface area contributed by atoms with Crippen molar-refractivity contribution in [3.8, 4) is 0 Å². The Hall–Kier alpha value is -2.89. The van der Waals surface area contributed by atoms with Crippen molar-refractivity contribution < 1.29 is 4.79 Å². The molecule has 1 amide bonds. The van der Waals surface area contributed by atoms with Gasteiger partial charge in [0.05, 0.1) is 12.2 Å². The monoisotopic (exact) mass is 309 g/mol. The number of nitrogens with one attached hydrogen (secondary N) is 1. The van der Waals surface area contributed by atoms with Gasteiger partial charge in [-0.2, -0.15) is 5.10 Å². The number of nitrogens with zero attached hydrogens (tertiary/aromatic N) is 4. The Morgan fingerprint density at radius 2 is 1.96 bits per heavy atom. The second kappa shape index (κ2) is 6.08. The average molecular weight is 309 g/mol. The zero-order valence-electron chi connectivity index (χ0n) is 13.4. The molecule has 1 aromatic carbocycles. The van der Waals surface area contributed by atoms with E-state index in [4.69, 9.17) is 0 Å². The molecule has 0 aliphatic heterocycles. The zero-order valence-corrected chi connectivity index (χ0v) is 13.4. The average Bonchev–Trinajstić information content (AvgIpc) is 3.05. The van der Waals surface area contributed by atoms with Crippen molar-refractivity contribution in [2.45, 2.75) is 20.4 Å². The fourth-order valence-electron chi connectivity index (χ4n) is 2.43. The molecular weight excluding hydrogens is 290 g/mol. The van der Waals surface area contributed by atoms with Gasteiger partial charge in [-0.1, -0.05) is 12.1 Å². The fraction of sp³-hybridized carbons (Fsp3) is 0.235. The molecule has 1 N–H and O–H groups in total. The van der Waals surface area contributed by atoms with Crippen LogP contribution in [0.2, 0.25) is 0 Å². The summed E-state index contributed by atoms with van der Waals surface area (Å²) < 4.78 is 3.72. The summed E-state index contributed by atoms with van der Waals surface area (Å²) >= 11 is 0. The number of benzene rings is 1. The molecule has 23 heavy (non-hydrogen) atoms. The van der Waals surface area contributed by atoms with E-state index in [1.165, 1.54) is 0 Å². The highest BCUT2D eigenvalue weighted by atomic mass is 16.1. The molecule has 0 radical (unpaired) electrons. The standard InChI is InChI=1S/C17H19N5O/c1-12-10-13(2)22(20-12)11-14-4-6-15(7-5-14)16(23)19-17-18-8-9-21(17)3/h4-10H,11H2,1-3H3,(H,18,19,23). The van der Waals surface area contributed by atoms with E-state index < -0.39 is 0 Å². The molecule has 2 heterocycles. The molecule has 6 heteroatoms. The quantitative estimate of drug-likeness (QED) is 0.805. The van der Waals surface area contributed by atoms with E-state index in [1.54, 1.807) is 17.0 Å². The third-order valence-electron chi connectivity index (χ3n) is 3.70. The second-order valence-electron chi connectivity index (χ2n) is 5.60. The van der Waals surface area contributed by atoms with E-state index in [9.17, 15) is 4.79 Å². The van der Waals surface area contributed by atoms with Crippen LogP contribution in [0.1, 0.15) is 27.3 Å². The zero-order chi connectivity index (χ0) is 16.4. The van der Waals surface area contributed by atoms with E-state index in [-0.39, 0.29) is 5.91 Å². The van der Waals surface area contributed by atoms with Crippen LogP contribution in [0, 0.1) is 13.8 Å². The maximum Gasteiger partial charge on any atom is 0.257 e. The molecule has 0 saturated carbocycles. The number of aryl methyl sites for hydroxylation is 3. The maximum absolute atomic E-state index is 12.2. The van der Waals surface area contributed by atoms with Gasteiger partial charge >= 0.3 is 0 Å². The lowest BCUT2D eigenvalue weighted by molar-refractivity contribution is 0.102. The van der Waals surface area contributed by atoms with Crippen LogP contribution in [0.3, 0.4) is 0 Å². The third-order valence-corrected chi connectivity index (χ3v) is 3.70. The summed E-state index contributed by atoms with van der Waals surface area (Å²) in [4.78, 5) is 16.3. The highest BCUT2D eigenvalue weighted by molar-refractivity contribution is 6.03. The van der Waals surface area contributed by atoms with Crippen molar-refractivity contribution in [1.82, 2.24) is 19.3 Å². The molecular formula is C17H19N5O. The predicted octanol–water partition coefficient (Wildman–Crippen LogP) is 2.53. The Morgan fingerprint density at radius 3 is 2.52 bits per heavy atom. The van der Waals surface area contributed by atoms with Gasteiger partial charge in [0.1, 0.15) is 0 Å². The number of anilines is 1. The molecule has 6 nitrogen and oxygen atoms in total. The van der Waals surface area contributed by atoms with E-state index in [0.717, 1.165) is 17.0 Å². The Balaban J connectivity index is 1.70. The number of imidazole rings is 1. The smallest absolute Gasteiger partial charge is 0.257 e. The first-order chi connectivity index (χ1) is 11.0. The van der Waals surface area contributed by atoms with E-state index in [0.29, 0.717) is 18.1 Å². The number of carbonyl (C=O) groups is 1. The van der Waals surface area contributed by atoms with Crippen LogP contribution in [0.5, 0.6) is 0 Å². The largest absolute Gasteiger partial charge is 0.320 e. The van der Waals surface area contributed by atoms with Crippen LogP contribution < -0.4 is 5.32 Å². The number of aromatic nitrogens is 4. The minimum absolute atomic E-state index is 0.169. The van der Waals surface area contributed by atoms with Gasteiger partial charge in [-0.25, -0.2) is 4.98 Å². The molecule has 0 aliphatic rings. The summed E-state index contributed by atoms with van der Waals surface area (Å²) in [6.45, 7) is 4.71. The molecule has 3 aromatic rings. The van der Waals surface area contributed by atoms with Crippen molar-refractivity contribution in [2.75, 3.05) is 5.32 Å². The molecule has 0 unspecified atom stereocenters. The van der Waals surface area contributed by atoms with Crippen molar-refractivity contribution in [3.05, 3.63) is 65.2 Å². The molecule has 0 bridgehead atoms. The third kappa shape index (κ3) is 3.31. The van der Waals surface area contributed by atoms with Crippen LogP contribution in [-0.2, 0) is 13.6 Å². The van der Waals surface area contributed by atoms with Gasteiger partial charge in [0.2, 0.25) is 5.95 Å². The molecule has 0 fully saturated rings. The summed E-state index contributed by atoms with van der Waals surface area (Å²) in [5, 5.41) is 7.23. The van der Waals surface area contributed by atoms with Crippen LogP contribution in [0.25, 0.3) is 0 Å². The Bertz CT molecular complexity index is 829. The normalized spacial score (nSPS) is 10.7.